The first-order valence-corrected chi connectivity index (χ1v) is 6.82. The van der Waals surface area contributed by atoms with E-state index >= 15 is 0 Å². The normalized spacial score (nSPS) is 24.5. The smallest absolute Gasteiger partial charge is 0.433 e. The maximum Gasteiger partial charge on any atom is 0.433 e. The molecular formula is C17H13F3O2. The van der Waals surface area contributed by atoms with Crippen molar-refractivity contribution in [2.24, 2.45) is 0 Å². The number of rotatable bonds is 1. The zero-order valence-electron chi connectivity index (χ0n) is 11.7. The monoisotopic (exact) mass is 306 g/mol. The van der Waals surface area contributed by atoms with Gasteiger partial charge in [-0.2, -0.15) is 13.2 Å². The first-order valence-electron chi connectivity index (χ1n) is 6.82. The molecule has 0 saturated heterocycles. The van der Waals surface area contributed by atoms with E-state index in [0.717, 1.165) is 0 Å². The van der Waals surface area contributed by atoms with Crippen LogP contribution in [0.25, 0.3) is 0 Å². The van der Waals surface area contributed by atoms with Crippen molar-refractivity contribution in [3.05, 3.63) is 71.3 Å². The number of cyclic esters (lactones) is 1. The zero-order valence-corrected chi connectivity index (χ0v) is 11.7. The SMILES string of the molecule is CC1c2ccccc2C(=O)OC1(c1ccccc1)C(F)(F)F. The fraction of sp³-hybridized carbons (Fsp3) is 0.235. The summed E-state index contributed by atoms with van der Waals surface area (Å²) in [5, 5.41) is 0. The Labute approximate surface area is 125 Å². The van der Waals surface area contributed by atoms with E-state index in [-0.39, 0.29) is 11.1 Å². The van der Waals surface area contributed by atoms with Crippen LogP contribution in [0.5, 0.6) is 0 Å². The summed E-state index contributed by atoms with van der Waals surface area (Å²) >= 11 is 0. The Kier molecular flexibility index (Phi) is 3.24. The Morgan fingerprint density at radius 3 is 2.23 bits per heavy atom. The van der Waals surface area contributed by atoms with Crippen molar-refractivity contribution in [2.45, 2.75) is 24.6 Å². The topological polar surface area (TPSA) is 26.3 Å². The molecule has 0 amide bonds. The maximum atomic E-state index is 13.9. The average molecular weight is 306 g/mol. The second kappa shape index (κ2) is 4.87. The predicted octanol–water partition coefficient (Wildman–Crippen LogP) is 4.42. The van der Waals surface area contributed by atoms with Gasteiger partial charge in [-0.3, -0.25) is 0 Å². The molecule has 2 unspecified atom stereocenters. The summed E-state index contributed by atoms with van der Waals surface area (Å²) in [5.74, 6) is -1.99. The van der Waals surface area contributed by atoms with Gasteiger partial charge in [0.1, 0.15) is 0 Å². The summed E-state index contributed by atoms with van der Waals surface area (Å²) < 4.78 is 46.8. The maximum absolute atomic E-state index is 13.9. The molecule has 1 aliphatic heterocycles. The number of benzene rings is 2. The number of esters is 1. The van der Waals surface area contributed by atoms with Crippen molar-refractivity contribution in [2.75, 3.05) is 0 Å². The molecule has 114 valence electrons. The minimum Gasteiger partial charge on any atom is -0.440 e. The van der Waals surface area contributed by atoms with Gasteiger partial charge in [0.05, 0.1) is 5.56 Å². The van der Waals surface area contributed by atoms with Crippen molar-refractivity contribution in [3.8, 4) is 0 Å². The van der Waals surface area contributed by atoms with Crippen molar-refractivity contribution >= 4 is 5.97 Å². The molecule has 0 aliphatic carbocycles. The molecule has 0 radical (unpaired) electrons. The lowest BCUT2D eigenvalue weighted by molar-refractivity contribution is -0.275. The summed E-state index contributed by atoms with van der Waals surface area (Å²) in [6.45, 7) is 1.44. The summed E-state index contributed by atoms with van der Waals surface area (Å²) in [6, 6.07) is 13.6. The van der Waals surface area contributed by atoms with E-state index in [1.807, 2.05) is 0 Å². The summed E-state index contributed by atoms with van der Waals surface area (Å²) in [4.78, 5) is 12.1. The quantitative estimate of drug-likeness (QED) is 0.729. The van der Waals surface area contributed by atoms with Gasteiger partial charge in [-0.1, -0.05) is 55.5 Å². The van der Waals surface area contributed by atoms with E-state index < -0.39 is 23.7 Å². The molecule has 2 nitrogen and oxygen atoms in total. The Bertz CT molecular complexity index is 709. The predicted molar refractivity (Wildman–Crippen MR) is 74.4 cm³/mol. The number of ether oxygens (including phenoxy) is 1. The third-order valence-electron chi connectivity index (χ3n) is 4.13. The minimum atomic E-state index is -4.73. The number of hydrogen-bond acceptors (Lipinski definition) is 2. The van der Waals surface area contributed by atoms with Gasteiger partial charge in [0, 0.05) is 11.5 Å². The van der Waals surface area contributed by atoms with Crippen molar-refractivity contribution < 1.29 is 22.7 Å². The number of carbonyl (C=O) groups excluding carboxylic acids is 1. The molecule has 2 aromatic carbocycles. The Hall–Kier alpha value is -2.30. The van der Waals surface area contributed by atoms with E-state index in [0.29, 0.717) is 5.56 Å². The fourth-order valence-electron chi connectivity index (χ4n) is 3.03. The van der Waals surface area contributed by atoms with Crippen LogP contribution < -0.4 is 0 Å². The van der Waals surface area contributed by atoms with Crippen LogP contribution in [0.2, 0.25) is 0 Å². The molecule has 0 aromatic heterocycles. The molecule has 22 heavy (non-hydrogen) atoms. The fourth-order valence-corrected chi connectivity index (χ4v) is 3.03. The first-order chi connectivity index (χ1) is 10.4. The molecule has 1 heterocycles. The molecule has 0 spiro atoms. The summed E-state index contributed by atoms with van der Waals surface area (Å²) in [6.07, 6.45) is -4.73. The Morgan fingerprint density at radius 1 is 1.00 bits per heavy atom. The lowest BCUT2D eigenvalue weighted by Gasteiger charge is -2.43. The highest BCUT2D eigenvalue weighted by Crippen LogP contribution is 2.54. The molecule has 5 heteroatoms. The molecule has 0 bridgehead atoms. The molecular weight excluding hydrogens is 293 g/mol. The molecule has 0 fully saturated rings. The molecule has 2 aromatic rings. The van der Waals surface area contributed by atoms with Gasteiger partial charge in [0.25, 0.3) is 0 Å². The highest BCUT2D eigenvalue weighted by molar-refractivity contribution is 5.93. The van der Waals surface area contributed by atoms with Crippen LogP contribution in [0.3, 0.4) is 0 Å². The van der Waals surface area contributed by atoms with Crippen molar-refractivity contribution in [3.63, 3.8) is 0 Å². The number of fused-ring (bicyclic) bond motifs is 1. The van der Waals surface area contributed by atoms with Crippen LogP contribution in [0, 0.1) is 0 Å². The summed E-state index contributed by atoms with van der Waals surface area (Å²) in [7, 11) is 0. The van der Waals surface area contributed by atoms with Crippen LogP contribution in [0.1, 0.15) is 34.3 Å². The highest BCUT2D eigenvalue weighted by atomic mass is 19.4. The standard InChI is InChI=1S/C17H13F3O2/c1-11-13-9-5-6-10-14(13)15(21)22-16(11,17(18,19)20)12-7-3-2-4-8-12/h2-11H,1H3. The molecule has 0 saturated carbocycles. The van der Waals surface area contributed by atoms with Gasteiger partial charge in [-0.15, -0.1) is 0 Å². The largest absolute Gasteiger partial charge is 0.440 e. The van der Waals surface area contributed by atoms with E-state index in [4.69, 9.17) is 4.74 Å². The number of carbonyl (C=O) groups is 1. The van der Waals surface area contributed by atoms with Crippen molar-refractivity contribution in [1.29, 1.82) is 0 Å². The van der Waals surface area contributed by atoms with E-state index in [9.17, 15) is 18.0 Å². The zero-order chi connectivity index (χ0) is 16.0. The van der Waals surface area contributed by atoms with E-state index in [2.05, 4.69) is 0 Å². The molecule has 3 rings (SSSR count). The van der Waals surface area contributed by atoms with Crippen LogP contribution in [0.4, 0.5) is 13.2 Å². The third-order valence-corrected chi connectivity index (χ3v) is 4.13. The Morgan fingerprint density at radius 2 is 1.59 bits per heavy atom. The number of alkyl halides is 3. The van der Waals surface area contributed by atoms with E-state index in [1.165, 1.54) is 37.3 Å². The number of hydrogen-bond donors (Lipinski definition) is 0. The van der Waals surface area contributed by atoms with Gasteiger partial charge in [0.2, 0.25) is 5.60 Å². The van der Waals surface area contributed by atoms with Crippen molar-refractivity contribution in [1.82, 2.24) is 0 Å². The first kappa shape index (κ1) is 14.6. The number of halogens is 3. The van der Waals surface area contributed by atoms with Crippen LogP contribution in [-0.2, 0) is 10.3 Å². The lowest BCUT2D eigenvalue weighted by Crippen LogP contribution is -2.52. The van der Waals surface area contributed by atoms with Gasteiger partial charge in [-0.25, -0.2) is 4.79 Å². The van der Waals surface area contributed by atoms with Crippen LogP contribution in [0.15, 0.2) is 54.6 Å². The highest BCUT2D eigenvalue weighted by Gasteiger charge is 2.65. The van der Waals surface area contributed by atoms with Crippen LogP contribution >= 0.6 is 0 Å². The molecule has 1 aliphatic rings. The van der Waals surface area contributed by atoms with E-state index in [1.54, 1.807) is 24.3 Å². The van der Waals surface area contributed by atoms with Gasteiger partial charge in [-0.05, 0) is 11.6 Å². The van der Waals surface area contributed by atoms with Gasteiger partial charge in [0.15, 0.2) is 0 Å². The molecule has 0 N–H and O–H groups in total. The van der Waals surface area contributed by atoms with Crippen LogP contribution in [-0.4, -0.2) is 12.1 Å². The van der Waals surface area contributed by atoms with Gasteiger partial charge >= 0.3 is 12.1 Å². The summed E-state index contributed by atoms with van der Waals surface area (Å²) in [5.41, 5.74) is -2.21. The molecule has 2 atom stereocenters. The minimum absolute atomic E-state index is 0.0714. The second-order valence-corrected chi connectivity index (χ2v) is 5.30. The third kappa shape index (κ3) is 1.92. The van der Waals surface area contributed by atoms with Gasteiger partial charge < -0.3 is 4.74 Å². The lowest BCUT2D eigenvalue weighted by atomic mass is 9.74. The second-order valence-electron chi connectivity index (χ2n) is 5.30. The average Bonchev–Trinajstić information content (AvgIpc) is 2.50. The Balaban J connectivity index is 2.28.